The van der Waals surface area contributed by atoms with E-state index >= 15 is 0 Å². The van der Waals surface area contributed by atoms with Crippen LogP contribution in [0.2, 0.25) is 0 Å². The summed E-state index contributed by atoms with van der Waals surface area (Å²) in [6, 6.07) is 10.6. The van der Waals surface area contributed by atoms with Gasteiger partial charge in [-0.25, -0.2) is 9.97 Å². The van der Waals surface area contributed by atoms with Crippen molar-refractivity contribution in [3.63, 3.8) is 0 Å². The van der Waals surface area contributed by atoms with Gasteiger partial charge in [-0.05, 0) is 30.0 Å². The van der Waals surface area contributed by atoms with Crippen molar-refractivity contribution in [2.75, 3.05) is 11.9 Å². The normalized spacial score (nSPS) is 10.4. The average Bonchev–Trinajstić information content (AvgIpc) is 2.48. The summed E-state index contributed by atoms with van der Waals surface area (Å²) in [5.41, 5.74) is 8.22. The van der Waals surface area contributed by atoms with Crippen LogP contribution in [0.15, 0.2) is 36.5 Å². The zero-order chi connectivity index (χ0) is 13.5. The smallest absolute Gasteiger partial charge is 0.144 e. The predicted molar refractivity (Wildman–Crippen MR) is 77.9 cm³/mol. The molecule has 0 aliphatic carbocycles. The van der Waals surface area contributed by atoms with E-state index in [1.54, 1.807) is 6.20 Å². The number of anilines is 1. The van der Waals surface area contributed by atoms with Crippen LogP contribution in [0.25, 0.3) is 0 Å². The Hall–Kier alpha value is -1.94. The highest BCUT2D eigenvalue weighted by atomic mass is 15.0. The monoisotopic (exact) mass is 256 g/mol. The van der Waals surface area contributed by atoms with Crippen LogP contribution in [0.4, 0.5) is 5.82 Å². The third-order valence-corrected chi connectivity index (χ3v) is 3.04. The van der Waals surface area contributed by atoms with E-state index in [-0.39, 0.29) is 0 Å². The maximum Gasteiger partial charge on any atom is 0.144 e. The summed E-state index contributed by atoms with van der Waals surface area (Å²) in [7, 11) is 0. The molecule has 19 heavy (non-hydrogen) atoms. The Balaban J connectivity index is 1.85. The van der Waals surface area contributed by atoms with Crippen molar-refractivity contribution in [2.24, 2.45) is 5.73 Å². The number of hydrogen-bond donors (Lipinski definition) is 2. The highest BCUT2D eigenvalue weighted by molar-refractivity contribution is 5.33. The molecule has 0 radical (unpaired) electrons. The van der Waals surface area contributed by atoms with Gasteiger partial charge in [0.15, 0.2) is 0 Å². The molecule has 0 unspecified atom stereocenters. The van der Waals surface area contributed by atoms with Crippen LogP contribution in [0.5, 0.6) is 0 Å². The molecular formula is C15H20N4. The van der Waals surface area contributed by atoms with E-state index in [0.717, 1.165) is 25.2 Å². The molecule has 3 N–H and O–H groups in total. The fourth-order valence-corrected chi connectivity index (χ4v) is 1.87. The van der Waals surface area contributed by atoms with Gasteiger partial charge in [-0.2, -0.15) is 0 Å². The van der Waals surface area contributed by atoms with Crippen LogP contribution >= 0.6 is 0 Å². The zero-order valence-electron chi connectivity index (χ0n) is 11.3. The molecule has 0 fully saturated rings. The molecule has 0 atom stereocenters. The molecule has 1 aromatic heterocycles. The van der Waals surface area contributed by atoms with Crippen molar-refractivity contribution in [1.82, 2.24) is 9.97 Å². The molecule has 0 saturated carbocycles. The van der Waals surface area contributed by atoms with Crippen LogP contribution in [-0.2, 0) is 19.4 Å². The molecule has 1 aromatic carbocycles. The summed E-state index contributed by atoms with van der Waals surface area (Å²) in [5, 5.41) is 3.29. The van der Waals surface area contributed by atoms with Gasteiger partial charge in [0.2, 0.25) is 0 Å². The number of rotatable bonds is 6. The lowest BCUT2D eigenvalue weighted by molar-refractivity contribution is 0.900. The highest BCUT2D eigenvalue weighted by Gasteiger charge is 1.98. The van der Waals surface area contributed by atoms with Gasteiger partial charge in [-0.3, -0.25) is 0 Å². The SMILES string of the molecule is CCc1ccc(CCNc2ccnc(CN)n2)cc1. The highest BCUT2D eigenvalue weighted by Crippen LogP contribution is 2.07. The standard InChI is InChI=1S/C15H20N4/c1-2-12-3-5-13(6-4-12)7-9-17-14-8-10-18-15(11-16)19-14/h3-6,8,10H,2,7,9,11,16H2,1H3,(H,17,18,19). The molecule has 1 heterocycles. The molecule has 0 amide bonds. The minimum atomic E-state index is 0.369. The Morgan fingerprint density at radius 1 is 1.11 bits per heavy atom. The Labute approximate surface area is 114 Å². The van der Waals surface area contributed by atoms with E-state index in [2.05, 4.69) is 46.5 Å². The van der Waals surface area contributed by atoms with Gasteiger partial charge in [-0.15, -0.1) is 0 Å². The first-order valence-electron chi connectivity index (χ1n) is 6.65. The fraction of sp³-hybridized carbons (Fsp3) is 0.333. The molecule has 2 aromatic rings. The quantitative estimate of drug-likeness (QED) is 0.831. The molecule has 2 rings (SSSR count). The average molecular weight is 256 g/mol. The molecule has 0 aliphatic rings. The molecule has 4 heteroatoms. The van der Waals surface area contributed by atoms with E-state index in [0.29, 0.717) is 12.4 Å². The second kappa shape index (κ2) is 6.85. The van der Waals surface area contributed by atoms with Crippen molar-refractivity contribution < 1.29 is 0 Å². The largest absolute Gasteiger partial charge is 0.370 e. The summed E-state index contributed by atoms with van der Waals surface area (Å²) in [6.07, 6.45) is 3.79. The molecule has 0 bridgehead atoms. The molecule has 0 saturated heterocycles. The van der Waals surface area contributed by atoms with Crippen LogP contribution in [0, 0.1) is 0 Å². The first kappa shape index (κ1) is 13.5. The van der Waals surface area contributed by atoms with Gasteiger partial charge >= 0.3 is 0 Å². The summed E-state index contributed by atoms with van der Waals surface area (Å²) in [6.45, 7) is 3.39. The maximum absolute atomic E-state index is 5.51. The van der Waals surface area contributed by atoms with Crippen LogP contribution < -0.4 is 11.1 Å². The Morgan fingerprint density at radius 2 is 1.84 bits per heavy atom. The number of benzene rings is 1. The first-order chi connectivity index (χ1) is 9.31. The summed E-state index contributed by atoms with van der Waals surface area (Å²) in [4.78, 5) is 8.37. The van der Waals surface area contributed by atoms with Gasteiger partial charge in [0.1, 0.15) is 11.6 Å². The minimum Gasteiger partial charge on any atom is -0.370 e. The van der Waals surface area contributed by atoms with Crippen molar-refractivity contribution in [3.8, 4) is 0 Å². The minimum absolute atomic E-state index is 0.369. The summed E-state index contributed by atoms with van der Waals surface area (Å²) < 4.78 is 0. The van der Waals surface area contributed by atoms with E-state index in [1.165, 1.54) is 11.1 Å². The Bertz CT molecular complexity index is 508. The maximum atomic E-state index is 5.51. The van der Waals surface area contributed by atoms with Crippen molar-refractivity contribution in [1.29, 1.82) is 0 Å². The Morgan fingerprint density at radius 3 is 2.53 bits per heavy atom. The predicted octanol–water partition coefficient (Wildman–Crippen LogP) is 2.15. The number of hydrogen-bond acceptors (Lipinski definition) is 4. The number of aromatic nitrogens is 2. The molecular weight excluding hydrogens is 236 g/mol. The Kier molecular flexibility index (Phi) is 4.86. The lowest BCUT2D eigenvalue weighted by atomic mass is 10.1. The van der Waals surface area contributed by atoms with Crippen molar-refractivity contribution >= 4 is 5.82 Å². The van der Waals surface area contributed by atoms with Gasteiger partial charge in [0.05, 0.1) is 6.54 Å². The number of nitrogens with two attached hydrogens (primary N) is 1. The number of nitrogens with zero attached hydrogens (tertiary/aromatic N) is 2. The first-order valence-corrected chi connectivity index (χ1v) is 6.65. The lowest BCUT2D eigenvalue weighted by Crippen LogP contribution is -2.09. The molecule has 4 nitrogen and oxygen atoms in total. The van der Waals surface area contributed by atoms with Crippen LogP contribution in [-0.4, -0.2) is 16.5 Å². The number of nitrogens with one attached hydrogen (secondary N) is 1. The summed E-state index contributed by atoms with van der Waals surface area (Å²) in [5.74, 6) is 1.50. The molecule has 0 spiro atoms. The van der Waals surface area contributed by atoms with Gasteiger partial charge in [0, 0.05) is 12.7 Å². The van der Waals surface area contributed by atoms with E-state index < -0.39 is 0 Å². The van der Waals surface area contributed by atoms with E-state index in [9.17, 15) is 0 Å². The third-order valence-electron chi connectivity index (χ3n) is 3.04. The van der Waals surface area contributed by atoms with Crippen molar-refractivity contribution in [2.45, 2.75) is 26.3 Å². The molecule has 100 valence electrons. The van der Waals surface area contributed by atoms with Gasteiger partial charge in [-0.1, -0.05) is 31.2 Å². The zero-order valence-corrected chi connectivity index (χ0v) is 11.3. The van der Waals surface area contributed by atoms with Crippen LogP contribution in [0.1, 0.15) is 23.9 Å². The van der Waals surface area contributed by atoms with E-state index in [1.807, 2.05) is 6.07 Å². The molecule has 0 aliphatic heterocycles. The van der Waals surface area contributed by atoms with E-state index in [4.69, 9.17) is 5.73 Å². The van der Waals surface area contributed by atoms with Gasteiger partial charge in [0.25, 0.3) is 0 Å². The van der Waals surface area contributed by atoms with Crippen LogP contribution in [0.3, 0.4) is 0 Å². The second-order valence-corrected chi connectivity index (χ2v) is 4.41. The third kappa shape index (κ3) is 4.03. The summed E-state index contributed by atoms with van der Waals surface area (Å²) >= 11 is 0. The fourth-order valence-electron chi connectivity index (χ4n) is 1.87. The number of aryl methyl sites for hydroxylation is 1. The topological polar surface area (TPSA) is 63.8 Å². The second-order valence-electron chi connectivity index (χ2n) is 4.41. The lowest BCUT2D eigenvalue weighted by Gasteiger charge is -2.07. The van der Waals surface area contributed by atoms with Gasteiger partial charge < -0.3 is 11.1 Å². The van der Waals surface area contributed by atoms with Crippen molar-refractivity contribution in [3.05, 3.63) is 53.5 Å².